The Bertz CT molecular complexity index is 888. The standard InChI is InChI=1S/C18H23N3O3S/c1-9-5-6-11-13(8-9)25-17-14(11)16(22)19-15(20-17)10(2)21-7-3-4-12(21)18(23)24/h9-10,12H,3-8H2,1-2H3,(H,23,24)(H,19,20,22)/t9?,10?,12-/m1/s1. The molecule has 3 atom stereocenters. The second kappa shape index (κ2) is 6.21. The first-order chi connectivity index (χ1) is 12.0. The Hall–Kier alpha value is -1.73. The fraction of sp³-hybridized carbons (Fsp3) is 0.611. The number of fused-ring (bicyclic) bond motifs is 3. The van der Waals surface area contributed by atoms with Crippen LogP contribution in [0.2, 0.25) is 0 Å². The lowest BCUT2D eigenvalue weighted by Crippen LogP contribution is -2.38. The number of hydrogen-bond donors (Lipinski definition) is 2. The summed E-state index contributed by atoms with van der Waals surface area (Å²) in [5.74, 6) is 0.435. The molecule has 25 heavy (non-hydrogen) atoms. The molecule has 4 rings (SSSR count). The van der Waals surface area contributed by atoms with E-state index in [1.165, 1.54) is 10.4 Å². The van der Waals surface area contributed by atoms with Gasteiger partial charge in [0.2, 0.25) is 0 Å². The van der Waals surface area contributed by atoms with E-state index in [1.807, 2.05) is 11.8 Å². The molecule has 0 amide bonds. The fourth-order valence-corrected chi connectivity index (χ4v) is 5.63. The molecule has 3 heterocycles. The lowest BCUT2D eigenvalue weighted by atomic mass is 9.89. The first-order valence-corrected chi connectivity index (χ1v) is 9.80. The first-order valence-electron chi connectivity index (χ1n) is 8.98. The maximum Gasteiger partial charge on any atom is 0.320 e. The third-order valence-corrected chi connectivity index (χ3v) is 6.80. The SMILES string of the molecule is CC1CCc2c(sc3nc(C(C)N4CCC[C@@H]4C(=O)O)[nH]c(=O)c23)C1. The summed E-state index contributed by atoms with van der Waals surface area (Å²) in [5, 5.41) is 10.2. The van der Waals surface area contributed by atoms with Crippen LogP contribution in [0.5, 0.6) is 0 Å². The number of likely N-dealkylation sites (tertiary alicyclic amines) is 1. The predicted molar refractivity (Wildman–Crippen MR) is 97.2 cm³/mol. The van der Waals surface area contributed by atoms with Crippen molar-refractivity contribution >= 4 is 27.5 Å². The van der Waals surface area contributed by atoms with Gasteiger partial charge in [-0.1, -0.05) is 6.92 Å². The van der Waals surface area contributed by atoms with Crippen LogP contribution in [0.1, 0.15) is 55.4 Å². The summed E-state index contributed by atoms with van der Waals surface area (Å²) in [6.07, 6.45) is 4.60. The van der Waals surface area contributed by atoms with Gasteiger partial charge < -0.3 is 10.1 Å². The molecule has 0 bridgehead atoms. The van der Waals surface area contributed by atoms with Crippen molar-refractivity contribution in [3.63, 3.8) is 0 Å². The van der Waals surface area contributed by atoms with Crippen molar-refractivity contribution in [1.29, 1.82) is 0 Å². The van der Waals surface area contributed by atoms with E-state index in [9.17, 15) is 14.7 Å². The average Bonchev–Trinajstić information content (AvgIpc) is 3.17. The predicted octanol–water partition coefficient (Wildman–Crippen LogP) is 2.72. The van der Waals surface area contributed by atoms with E-state index >= 15 is 0 Å². The number of nitrogens with zero attached hydrogens (tertiary/aromatic N) is 2. The minimum Gasteiger partial charge on any atom is -0.480 e. The van der Waals surface area contributed by atoms with E-state index in [0.29, 0.717) is 18.2 Å². The third-order valence-electron chi connectivity index (χ3n) is 5.66. The quantitative estimate of drug-likeness (QED) is 0.878. The number of nitrogens with one attached hydrogen (secondary N) is 1. The number of H-pyrrole nitrogens is 1. The highest BCUT2D eigenvalue weighted by molar-refractivity contribution is 7.18. The molecule has 2 aromatic rings. The van der Waals surface area contributed by atoms with E-state index < -0.39 is 12.0 Å². The Morgan fingerprint density at radius 1 is 1.44 bits per heavy atom. The number of aryl methyl sites for hydroxylation is 1. The molecular weight excluding hydrogens is 338 g/mol. The van der Waals surface area contributed by atoms with Crippen LogP contribution < -0.4 is 5.56 Å². The van der Waals surface area contributed by atoms with E-state index in [-0.39, 0.29) is 11.6 Å². The molecule has 1 aliphatic heterocycles. The minimum absolute atomic E-state index is 0.0787. The Morgan fingerprint density at radius 3 is 3.00 bits per heavy atom. The molecular formula is C18H23N3O3S. The second-order valence-corrected chi connectivity index (χ2v) is 8.48. The molecule has 1 aliphatic carbocycles. The third kappa shape index (κ3) is 2.79. The van der Waals surface area contributed by atoms with Crippen LogP contribution in [-0.2, 0) is 17.6 Å². The molecule has 1 saturated heterocycles. The Balaban J connectivity index is 1.74. The molecule has 7 heteroatoms. The molecule has 6 nitrogen and oxygen atoms in total. The lowest BCUT2D eigenvalue weighted by molar-refractivity contribution is -0.142. The van der Waals surface area contributed by atoms with Gasteiger partial charge in [0.15, 0.2) is 0 Å². The van der Waals surface area contributed by atoms with Crippen molar-refractivity contribution in [2.45, 2.75) is 58.0 Å². The van der Waals surface area contributed by atoms with Gasteiger partial charge in [-0.3, -0.25) is 14.5 Å². The number of aliphatic carboxylic acids is 1. The number of carboxylic acid groups (broad SMARTS) is 1. The van der Waals surface area contributed by atoms with Gasteiger partial charge in [0.1, 0.15) is 16.7 Å². The topological polar surface area (TPSA) is 86.3 Å². The summed E-state index contributed by atoms with van der Waals surface area (Å²) in [6, 6.07) is -0.702. The molecule has 0 spiro atoms. The smallest absolute Gasteiger partial charge is 0.320 e. The average molecular weight is 361 g/mol. The van der Waals surface area contributed by atoms with E-state index in [2.05, 4.69) is 11.9 Å². The molecule has 0 saturated carbocycles. The molecule has 2 N–H and O–H groups in total. The van der Waals surface area contributed by atoms with Crippen LogP contribution in [0.4, 0.5) is 0 Å². The van der Waals surface area contributed by atoms with Gasteiger partial charge in [-0.15, -0.1) is 11.3 Å². The minimum atomic E-state index is -0.798. The highest BCUT2D eigenvalue weighted by Crippen LogP contribution is 2.36. The number of thiophene rings is 1. The van der Waals surface area contributed by atoms with Crippen molar-refractivity contribution in [1.82, 2.24) is 14.9 Å². The van der Waals surface area contributed by atoms with Gasteiger partial charge in [-0.2, -0.15) is 0 Å². The number of carboxylic acids is 1. The summed E-state index contributed by atoms with van der Waals surface area (Å²) in [5.41, 5.74) is 1.10. The summed E-state index contributed by atoms with van der Waals surface area (Å²) in [7, 11) is 0. The molecule has 2 unspecified atom stereocenters. The zero-order valence-electron chi connectivity index (χ0n) is 14.5. The monoisotopic (exact) mass is 361 g/mol. The summed E-state index contributed by atoms with van der Waals surface area (Å²) >= 11 is 1.63. The summed E-state index contributed by atoms with van der Waals surface area (Å²) in [4.78, 5) is 35.9. The fourth-order valence-electron chi connectivity index (χ4n) is 4.24. The van der Waals surface area contributed by atoms with Crippen molar-refractivity contribution in [3.05, 3.63) is 26.6 Å². The van der Waals surface area contributed by atoms with Crippen LogP contribution in [-0.4, -0.2) is 38.5 Å². The number of aromatic nitrogens is 2. The van der Waals surface area contributed by atoms with Crippen LogP contribution in [0.3, 0.4) is 0 Å². The Kier molecular flexibility index (Phi) is 4.16. The van der Waals surface area contributed by atoms with Gasteiger partial charge in [0, 0.05) is 4.88 Å². The van der Waals surface area contributed by atoms with Crippen molar-refractivity contribution in [2.75, 3.05) is 6.54 Å². The van der Waals surface area contributed by atoms with Crippen LogP contribution in [0, 0.1) is 5.92 Å². The second-order valence-electron chi connectivity index (χ2n) is 7.39. The van der Waals surface area contributed by atoms with Crippen molar-refractivity contribution < 1.29 is 9.90 Å². The zero-order chi connectivity index (χ0) is 17.7. The number of aromatic amines is 1. The lowest BCUT2D eigenvalue weighted by Gasteiger charge is -2.27. The molecule has 0 radical (unpaired) electrons. The molecule has 2 aromatic heterocycles. The van der Waals surface area contributed by atoms with Crippen molar-refractivity contribution in [2.24, 2.45) is 5.92 Å². The molecule has 0 aromatic carbocycles. The maximum absolute atomic E-state index is 12.7. The number of rotatable bonds is 3. The normalized spacial score (nSPS) is 25.2. The van der Waals surface area contributed by atoms with E-state index in [0.717, 1.165) is 42.4 Å². The zero-order valence-corrected chi connectivity index (χ0v) is 15.4. The summed E-state index contributed by atoms with van der Waals surface area (Å²) < 4.78 is 0. The van der Waals surface area contributed by atoms with Crippen LogP contribution >= 0.6 is 11.3 Å². The van der Waals surface area contributed by atoms with Crippen LogP contribution in [0.25, 0.3) is 10.2 Å². The maximum atomic E-state index is 12.7. The van der Waals surface area contributed by atoms with Gasteiger partial charge in [-0.25, -0.2) is 4.98 Å². The van der Waals surface area contributed by atoms with E-state index in [4.69, 9.17) is 4.98 Å². The van der Waals surface area contributed by atoms with Gasteiger partial charge in [-0.05, 0) is 57.1 Å². The Morgan fingerprint density at radius 2 is 2.24 bits per heavy atom. The highest BCUT2D eigenvalue weighted by atomic mass is 32.1. The van der Waals surface area contributed by atoms with E-state index in [1.54, 1.807) is 11.3 Å². The van der Waals surface area contributed by atoms with Gasteiger partial charge in [0.25, 0.3) is 5.56 Å². The van der Waals surface area contributed by atoms with Crippen molar-refractivity contribution in [3.8, 4) is 0 Å². The Labute approximate surface area is 149 Å². The molecule has 1 fully saturated rings. The number of hydrogen-bond acceptors (Lipinski definition) is 5. The van der Waals surface area contributed by atoms with Crippen LogP contribution in [0.15, 0.2) is 4.79 Å². The summed E-state index contributed by atoms with van der Waals surface area (Å²) in [6.45, 7) is 4.90. The van der Waals surface area contributed by atoms with Gasteiger partial charge >= 0.3 is 5.97 Å². The van der Waals surface area contributed by atoms with Gasteiger partial charge in [0.05, 0.1) is 11.4 Å². The first kappa shape index (κ1) is 16.7. The molecule has 2 aliphatic rings. The highest BCUT2D eigenvalue weighted by Gasteiger charge is 2.35. The largest absolute Gasteiger partial charge is 0.480 e. The number of carbonyl (C=O) groups is 1. The molecule has 134 valence electrons.